The molecule has 0 saturated carbocycles. The summed E-state index contributed by atoms with van der Waals surface area (Å²) < 4.78 is 30.0. The van der Waals surface area contributed by atoms with Gasteiger partial charge in [0, 0.05) is 45.6 Å². The van der Waals surface area contributed by atoms with Crippen molar-refractivity contribution in [2.24, 2.45) is 0 Å². The van der Waals surface area contributed by atoms with Crippen molar-refractivity contribution in [3.63, 3.8) is 0 Å². The summed E-state index contributed by atoms with van der Waals surface area (Å²) in [6, 6.07) is 18.3. The minimum absolute atomic E-state index is 0.106. The van der Waals surface area contributed by atoms with Gasteiger partial charge >= 0.3 is 0 Å². The van der Waals surface area contributed by atoms with Crippen molar-refractivity contribution in [2.75, 3.05) is 0 Å². The molecule has 3 heterocycles. The molecule has 0 spiro atoms. The second-order valence-corrected chi connectivity index (χ2v) is 10.7. The second-order valence-electron chi connectivity index (χ2n) is 9.68. The van der Waals surface area contributed by atoms with Gasteiger partial charge in [0.25, 0.3) is 0 Å². The summed E-state index contributed by atoms with van der Waals surface area (Å²) in [6.45, 7) is 11.6. The van der Waals surface area contributed by atoms with E-state index in [9.17, 15) is 4.39 Å². The number of hydrogen-bond acceptors (Lipinski definition) is 5. The van der Waals surface area contributed by atoms with E-state index < -0.39 is 5.82 Å². The number of benzene rings is 2. The van der Waals surface area contributed by atoms with E-state index in [1.54, 1.807) is 43.5 Å². The van der Waals surface area contributed by atoms with Gasteiger partial charge in [-0.3, -0.25) is 5.41 Å². The van der Waals surface area contributed by atoms with E-state index in [1.807, 2.05) is 49.4 Å². The Hall–Kier alpha value is -4.95. The van der Waals surface area contributed by atoms with Crippen LogP contribution in [0.5, 0.6) is 0 Å². The third-order valence-corrected chi connectivity index (χ3v) is 7.71. The zero-order valence-corrected chi connectivity index (χ0v) is 24.1. The average molecular weight is 578 g/mol. The molecular formula is C34H29F2N5S. The fourth-order valence-corrected chi connectivity index (χ4v) is 5.50. The highest BCUT2D eigenvalue weighted by Gasteiger charge is 2.22. The number of hydrogen-bond donors (Lipinski definition) is 3. The molecule has 0 aliphatic heterocycles. The van der Waals surface area contributed by atoms with E-state index in [0.29, 0.717) is 50.4 Å². The lowest BCUT2D eigenvalue weighted by Crippen LogP contribution is -2.13. The first-order valence-electron chi connectivity index (χ1n) is 13.3. The molecule has 0 aliphatic rings. The van der Waals surface area contributed by atoms with Gasteiger partial charge in [-0.25, -0.2) is 14.4 Å². The van der Waals surface area contributed by atoms with Crippen LogP contribution in [0.15, 0.2) is 110 Å². The molecule has 5 aromatic rings. The van der Waals surface area contributed by atoms with Crippen LogP contribution in [0, 0.1) is 23.3 Å². The predicted molar refractivity (Wildman–Crippen MR) is 169 cm³/mol. The van der Waals surface area contributed by atoms with E-state index in [4.69, 9.17) is 5.41 Å². The molecule has 0 bridgehead atoms. The smallest absolute Gasteiger partial charge is 0.178 e. The number of fused-ring (bicyclic) bond motifs is 1. The summed E-state index contributed by atoms with van der Waals surface area (Å²) in [6.07, 6.45) is 7.49. The standard InChI is InChI=1S/C34H29F2N5S/c1-5-23(19-24(6-2)39-21(4)18-22-10-8-7-9-11-22)25-13-12-20(3)29(30(25)36)31(37)33-40-32-26(16-17-38-34(32)41-33)27-14-15-28(35)42-27/h5-17,19,37,39H,2,4,18H2,1,3H3,(H,38,40,41)/b23-5+,24-19+,37-31?. The normalized spacial score (nSPS) is 12.0. The van der Waals surface area contributed by atoms with Crippen molar-refractivity contribution in [2.45, 2.75) is 20.3 Å². The van der Waals surface area contributed by atoms with Crippen LogP contribution in [-0.2, 0) is 6.42 Å². The van der Waals surface area contributed by atoms with Crippen molar-refractivity contribution in [3.05, 3.63) is 149 Å². The zero-order valence-electron chi connectivity index (χ0n) is 23.3. The number of halogens is 2. The Morgan fingerprint density at radius 2 is 1.88 bits per heavy atom. The second kappa shape index (κ2) is 12.3. The monoisotopic (exact) mass is 577 g/mol. The molecular weight excluding hydrogens is 548 g/mol. The van der Waals surface area contributed by atoms with Gasteiger partial charge in [0.1, 0.15) is 11.5 Å². The number of H-pyrrole nitrogens is 1. The summed E-state index contributed by atoms with van der Waals surface area (Å²) in [4.78, 5) is 12.6. The van der Waals surface area contributed by atoms with Crippen LogP contribution >= 0.6 is 11.3 Å². The van der Waals surface area contributed by atoms with E-state index >= 15 is 4.39 Å². The molecule has 0 saturated heterocycles. The van der Waals surface area contributed by atoms with Gasteiger partial charge in [0.05, 0.1) is 5.52 Å². The third-order valence-electron chi connectivity index (χ3n) is 6.80. The summed E-state index contributed by atoms with van der Waals surface area (Å²) in [5, 5.41) is 11.9. The SMILES string of the molecule is C=C/C(=C\C(=C/C)c1ccc(C)c(C(=N)c2nc3nccc(-c4ccc(F)s4)c3[nH]2)c1F)NC(=C)Cc1ccccc1. The van der Waals surface area contributed by atoms with Gasteiger partial charge in [0.15, 0.2) is 16.6 Å². The number of imidazole rings is 1. The fourth-order valence-electron chi connectivity index (χ4n) is 4.74. The van der Waals surface area contributed by atoms with Crippen molar-refractivity contribution in [3.8, 4) is 10.4 Å². The number of pyridine rings is 1. The molecule has 0 atom stereocenters. The Bertz CT molecular complexity index is 1880. The first-order valence-corrected chi connectivity index (χ1v) is 14.1. The van der Waals surface area contributed by atoms with Gasteiger partial charge in [-0.05, 0) is 60.9 Å². The van der Waals surface area contributed by atoms with E-state index in [1.165, 1.54) is 6.07 Å². The van der Waals surface area contributed by atoms with E-state index in [-0.39, 0.29) is 22.2 Å². The van der Waals surface area contributed by atoms with E-state index in [2.05, 4.69) is 33.4 Å². The summed E-state index contributed by atoms with van der Waals surface area (Å²) in [5.74, 6) is -0.366. The van der Waals surface area contributed by atoms with Gasteiger partial charge in [0.2, 0.25) is 0 Å². The third kappa shape index (κ3) is 5.89. The molecule has 0 radical (unpaired) electrons. The fraction of sp³-hybridized carbons (Fsp3) is 0.0882. The topological polar surface area (TPSA) is 77.5 Å². The average Bonchev–Trinajstić information content (AvgIpc) is 3.62. The number of nitrogens with one attached hydrogen (secondary N) is 3. The number of thiophene rings is 1. The van der Waals surface area contributed by atoms with E-state index in [0.717, 1.165) is 22.6 Å². The molecule has 5 rings (SSSR count). The molecule has 5 nitrogen and oxygen atoms in total. The molecule has 2 aromatic carbocycles. The molecule has 42 heavy (non-hydrogen) atoms. The van der Waals surface area contributed by atoms with Crippen molar-refractivity contribution in [1.82, 2.24) is 20.3 Å². The summed E-state index contributed by atoms with van der Waals surface area (Å²) in [5.41, 5.74) is 5.76. The molecule has 210 valence electrons. The van der Waals surface area contributed by atoms with Gasteiger partial charge < -0.3 is 10.3 Å². The lowest BCUT2D eigenvalue weighted by molar-refractivity contribution is 0.620. The van der Waals surface area contributed by atoms with Crippen molar-refractivity contribution in [1.29, 1.82) is 5.41 Å². The minimum atomic E-state index is -0.537. The largest absolute Gasteiger partial charge is 0.359 e. The maximum absolute atomic E-state index is 16.2. The van der Waals surface area contributed by atoms with Crippen molar-refractivity contribution >= 4 is 33.8 Å². The first kappa shape index (κ1) is 28.6. The highest BCUT2D eigenvalue weighted by molar-refractivity contribution is 7.14. The van der Waals surface area contributed by atoms with Crippen LogP contribution in [-0.4, -0.2) is 20.7 Å². The number of nitrogens with zero attached hydrogens (tertiary/aromatic N) is 2. The Morgan fingerprint density at radius 1 is 1.10 bits per heavy atom. The number of aromatic amines is 1. The van der Waals surface area contributed by atoms with Crippen LogP contribution in [0.1, 0.15) is 35.0 Å². The highest BCUT2D eigenvalue weighted by Crippen LogP contribution is 2.32. The molecule has 0 aliphatic carbocycles. The van der Waals surface area contributed by atoms with Crippen LogP contribution in [0.2, 0.25) is 0 Å². The van der Waals surface area contributed by atoms with Gasteiger partial charge in [-0.2, -0.15) is 4.39 Å². The molecule has 3 aromatic heterocycles. The maximum Gasteiger partial charge on any atom is 0.178 e. The molecule has 0 amide bonds. The lowest BCUT2D eigenvalue weighted by Gasteiger charge is -2.15. The highest BCUT2D eigenvalue weighted by atomic mass is 32.1. The minimum Gasteiger partial charge on any atom is -0.359 e. The lowest BCUT2D eigenvalue weighted by atomic mass is 9.95. The number of aromatic nitrogens is 3. The summed E-state index contributed by atoms with van der Waals surface area (Å²) >= 11 is 1.01. The van der Waals surface area contributed by atoms with Crippen LogP contribution in [0.4, 0.5) is 8.78 Å². The Morgan fingerprint density at radius 3 is 2.57 bits per heavy atom. The van der Waals surface area contributed by atoms with Crippen LogP contribution < -0.4 is 5.32 Å². The molecule has 3 N–H and O–H groups in total. The number of allylic oxidation sites excluding steroid dienone is 5. The Kier molecular flexibility index (Phi) is 8.36. The van der Waals surface area contributed by atoms with Gasteiger partial charge in [-0.1, -0.05) is 61.7 Å². The number of aryl methyl sites for hydroxylation is 1. The number of rotatable bonds is 10. The zero-order chi connectivity index (χ0) is 29.8. The molecule has 0 unspecified atom stereocenters. The molecule has 8 heteroatoms. The Labute approximate surface area is 247 Å². The first-order chi connectivity index (χ1) is 20.3. The van der Waals surface area contributed by atoms with Crippen molar-refractivity contribution < 1.29 is 8.78 Å². The quantitative estimate of drug-likeness (QED) is 0.115. The van der Waals surface area contributed by atoms with Crippen LogP contribution in [0.25, 0.3) is 27.2 Å². The maximum atomic E-state index is 16.2. The van der Waals surface area contributed by atoms with Crippen LogP contribution in [0.3, 0.4) is 0 Å². The molecule has 0 fully saturated rings. The summed E-state index contributed by atoms with van der Waals surface area (Å²) in [7, 11) is 0. The Balaban J connectivity index is 1.46. The predicted octanol–water partition coefficient (Wildman–Crippen LogP) is 8.51. The van der Waals surface area contributed by atoms with Gasteiger partial charge in [-0.15, -0.1) is 11.3 Å².